The Bertz CT molecular complexity index is 1300. The molecule has 7 nitrogen and oxygen atoms in total. The molecule has 1 heterocycles. The third-order valence-corrected chi connectivity index (χ3v) is 6.08. The molecule has 0 spiro atoms. The van der Waals surface area contributed by atoms with Crippen LogP contribution >= 0.6 is 0 Å². The highest BCUT2D eigenvalue weighted by Crippen LogP contribution is 2.41. The molecule has 1 unspecified atom stereocenters. The van der Waals surface area contributed by atoms with Crippen molar-refractivity contribution in [2.75, 3.05) is 21.3 Å². The van der Waals surface area contributed by atoms with Gasteiger partial charge in [0.05, 0.1) is 32.9 Å². The highest BCUT2D eigenvalue weighted by Gasteiger charge is 2.46. The zero-order valence-corrected chi connectivity index (χ0v) is 20.1. The van der Waals surface area contributed by atoms with Crippen LogP contribution in [0.15, 0.2) is 72.3 Å². The minimum Gasteiger partial charge on any atom is -0.507 e. The van der Waals surface area contributed by atoms with Gasteiger partial charge in [-0.1, -0.05) is 48.0 Å². The van der Waals surface area contributed by atoms with E-state index >= 15 is 0 Å². The van der Waals surface area contributed by atoms with Crippen LogP contribution in [0.3, 0.4) is 0 Å². The van der Waals surface area contributed by atoms with E-state index in [0.29, 0.717) is 28.4 Å². The number of likely N-dealkylation sites (tertiary alicyclic amines) is 1. The molecule has 1 fully saturated rings. The quantitative estimate of drug-likeness (QED) is 0.306. The van der Waals surface area contributed by atoms with Crippen molar-refractivity contribution in [3.05, 3.63) is 94.6 Å². The van der Waals surface area contributed by atoms with Gasteiger partial charge in [-0.25, -0.2) is 0 Å². The fourth-order valence-electron chi connectivity index (χ4n) is 4.24. The van der Waals surface area contributed by atoms with E-state index in [1.807, 2.05) is 31.2 Å². The molecule has 3 aromatic rings. The highest BCUT2D eigenvalue weighted by molar-refractivity contribution is 6.46. The van der Waals surface area contributed by atoms with E-state index < -0.39 is 17.7 Å². The van der Waals surface area contributed by atoms with Gasteiger partial charge in [-0.2, -0.15) is 0 Å². The van der Waals surface area contributed by atoms with Gasteiger partial charge in [-0.15, -0.1) is 0 Å². The van der Waals surface area contributed by atoms with Crippen LogP contribution < -0.4 is 14.2 Å². The van der Waals surface area contributed by atoms with Gasteiger partial charge in [0.2, 0.25) is 0 Å². The topological polar surface area (TPSA) is 85.3 Å². The minimum atomic E-state index is -0.806. The maximum atomic E-state index is 13.3. The number of aliphatic hydroxyl groups is 1. The lowest BCUT2D eigenvalue weighted by molar-refractivity contribution is -0.140. The van der Waals surface area contributed by atoms with Crippen LogP contribution in [0.4, 0.5) is 0 Å². The molecule has 3 aromatic carbocycles. The molecule has 0 saturated carbocycles. The number of Topliss-reactive ketones (excluding diaryl/α,β-unsaturated/α-hetero) is 1. The van der Waals surface area contributed by atoms with Gasteiger partial charge in [-0.05, 0) is 42.3 Å². The van der Waals surface area contributed by atoms with Crippen LogP contribution in [0.25, 0.3) is 5.76 Å². The first-order valence-electron chi connectivity index (χ1n) is 11.1. The Morgan fingerprint density at radius 1 is 0.886 bits per heavy atom. The zero-order chi connectivity index (χ0) is 25.1. The number of carbonyl (C=O) groups excluding carboxylic acids is 2. The van der Waals surface area contributed by atoms with Crippen molar-refractivity contribution in [2.45, 2.75) is 19.5 Å². The number of ketones is 1. The summed E-state index contributed by atoms with van der Waals surface area (Å²) in [5.41, 5.74) is 2.91. The summed E-state index contributed by atoms with van der Waals surface area (Å²) in [6, 6.07) is 18.8. The molecule has 35 heavy (non-hydrogen) atoms. The Hall–Kier alpha value is -4.26. The van der Waals surface area contributed by atoms with Crippen LogP contribution in [0.1, 0.15) is 28.3 Å². The van der Waals surface area contributed by atoms with E-state index in [1.54, 1.807) is 56.7 Å². The number of hydrogen-bond donors (Lipinski definition) is 1. The molecule has 0 bridgehead atoms. The average molecular weight is 474 g/mol. The number of aliphatic hydroxyl groups excluding tert-OH is 1. The Morgan fingerprint density at radius 3 is 2.26 bits per heavy atom. The number of carbonyl (C=O) groups is 2. The maximum absolute atomic E-state index is 13.3. The summed E-state index contributed by atoms with van der Waals surface area (Å²) < 4.78 is 16.1. The highest BCUT2D eigenvalue weighted by atomic mass is 16.5. The predicted molar refractivity (Wildman–Crippen MR) is 132 cm³/mol. The van der Waals surface area contributed by atoms with Crippen LogP contribution in [0, 0.1) is 6.92 Å². The van der Waals surface area contributed by atoms with Crippen molar-refractivity contribution >= 4 is 17.4 Å². The summed E-state index contributed by atoms with van der Waals surface area (Å²) in [5.74, 6) is -0.000600. The van der Waals surface area contributed by atoms with Crippen LogP contribution in [-0.4, -0.2) is 43.0 Å². The molecular weight excluding hydrogens is 446 g/mol. The number of amides is 1. The predicted octanol–water partition coefficient (Wildman–Crippen LogP) is 4.64. The lowest BCUT2D eigenvalue weighted by Crippen LogP contribution is -2.29. The number of nitrogens with zero attached hydrogens (tertiary/aromatic N) is 1. The molecule has 7 heteroatoms. The monoisotopic (exact) mass is 473 g/mol. The lowest BCUT2D eigenvalue weighted by atomic mass is 9.94. The van der Waals surface area contributed by atoms with E-state index in [-0.39, 0.29) is 17.9 Å². The van der Waals surface area contributed by atoms with Crippen molar-refractivity contribution in [3.63, 3.8) is 0 Å². The summed E-state index contributed by atoms with van der Waals surface area (Å²) in [4.78, 5) is 28.0. The van der Waals surface area contributed by atoms with Crippen molar-refractivity contribution in [1.29, 1.82) is 0 Å². The zero-order valence-electron chi connectivity index (χ0n) is 20.1. The fraction of sp³-hybridized carbons (Fsp3) is 0.214. The van der Waals surface area contributed by atoms with Crippen molar-refractivity contribution in [2.24, 2.45) is 0 Å². The summed E-state index contributed by atoms with van der Waals surface area (Å²) in [6.07, 6.45) is 0. The second-order valence-electron chi connectivity index (χ2n) is 8.26. The molecule has 1 aliphatic heterocycles. The third-order valence-electron chi connectivity index (χ3n) is 6.08. The van der Waals surface area contributed by atoms with Gasteiger partial charge in [0.1, 0.15) is 11.5 Å². The summed E-state index contributed by atoms with van der Waals surface area (Å²) in [6.45, 7) is 2.06. The first-order chi connectivity index (χ1) is 16.9. The second-order valence-corrected chi connectivity index (χ2v) is 8.26. The first-order valence-corrected chi connectivity index (χ1v) is 11.1. The van der Waals surface area contributed by atoms with E-state index in [4.69, 9.17) is 14.2 Å². The van der Waals surface area contributed by atoms with Crippen LogP contribution in [0.5, 0.6) is 17.2 Å². The van der Waals surface area contributed by atoms with Gasteiger partial charge >= 0.3 is 0 Å². The van der Waals surface area contributed by atoms with Gasteiger partial charge in [0, 0.05) is 12.1 Å². The number of hydrogen-bond acceptors (Lipinski definition) is 6. The van der Waals surface area contributed by atoms with E-state index in [9.17, 15) is 14.7 Å². The van der Waals surface area contributed by atoms with Crippen LogP contribution in [0.2, 0.25) is 0 Å². The lowest BCUT2D eigenvalue weighted by Gasteiger charge is -2.26. The van der Waals surface area contributed by atoms with E-state index in [2.05, 4.69) is 0 Å². The molecular formula is C28H27NO6. The van der Waals surface area contributed by atoms with E-state index in [0.717, 1.165) is 11.1 Å². The molecule has 0 aromatic heterocycles. The smallest absolute Gasteiger partial charge is 0.295 e. The van der Waals surface area contributed by atoms with Gasteiger partial charge in [-0.3, -0.25) is 9.59 Å². The number of aryl methyl sites for hydroxylation is 1. The van der Waals surface area contributed by atoms with Gasteiger partial charge in [0.25, 0.3) is 11.7 Å². The van der Waals surface area contributed by atoms with Crippen LogP contribution in [-0.2, 0) is 16.1 Å². The second kappa shape index (κ2) is 9.93. The molecule has 1 N–H and O–H groups in total. The average Bonchev–Trinajstić information content (AvgIpc) is 3.13. The molecule has 0 aliphatic carbocycles. The Kier molecular flexibility index (Phi) is 6.78. The summed E-state index contributed by atoms with van der Waals surface area (Å²) in [7, 11) is 4.63. The fourth-order valence-corrected chi connectivity index (χ4v) is 4.24. The molecule has 1 amide bonds. The van der Waals surface area contributed by atoms with E-state index in [1.165, 1.54) is 12.0 Å². The Labute approximate surface area is 204 Å². The number of methoxy groups -OCH3 is 3. The van der Waals surface area contributed by atoms with Gasteiger partial charge < -0.3 is 24.2 Å². The Balaban J connectivity index is 1.85. The first kappa shape index (κ1) is 23.9. The van der Waals surface area contributed by atoms with Crippen molar-refractivity contribution < 1.29 is 28.9 Å². The standard InChI is InChI=1S/C28H27NO6/c1-17-8-11-19(12-9-17)26(30)24-25(20-6-5-7-21(15-20)33-2)29(28(32)27(24)31)16-18-10-13-22(34-3)23(14-18)35-4/h5-15,25,30H,16H2,1-4H3/b26-24+. The van der Waals surface area contributed by atoms with Crippen molar-refractivity contribution in [1.82, 2.24) is 4.90 Å². The Morgan fingerprint density at radius 2 is 1.60 bits per heavy atom. The molecule has 1 aliphatic rings. The summed E-state index contributed by atoms with van der Waals surface area (Å²) >= 11 is 0. The van der Waals surface area contributed by atoms with Crippen molar-refractivity contribution in [3.8, 4) is 17.2 Å². The maximum Gasteiger partial charge on any atom is 0.295 e. The van der Waals surface area contributed by atoms with Gasteiger partial charge in [0.15, 0.2) is 11.5 Å². The largest absolute Gasteiger partial charge is 0.507 e. The number of rotatable bonds is 7. The summed E-state index contributed by atoms with van der Waals surface area (Å²) in [5, 5.41) is 11.2. The molecule has 0 radical (unpaired) electrons. The molecule has 4 rings (SSSR count). The SMILES string of the molecule is COc1cccc(C2/C(=C(\O)c3ccc(C)cc3)C(=O)C(=O)N2Cc2ccc(OC)c(OC)c2)c1. The third kappa shape index (κ3) is 4.57. The normalized spacial score (nSPS) is 16.9. The molecule has 1 atom stereocenters. The number of ether oxygens (including phenoxy) is 3. The minimum absolute atomic E-state index is 0.0348. The molecule has 180 valence electrons. The number of benzene rings is 3. The molecule has 1 saturated heterocycles.